The second kappa shape index (κ2) is 13.6. The van der Waals surface area contributed by atoms with Gasteiger partial charge in [0.15, 0.2) is 17.3 Å². The molecule has 43 heavy (non-hydrogen) atoms. The van der Waals surface area contributed by atoms with Crippen LogP contribution in [0.5, 0.6) is 17.2 Å². The number of hydrazone groups is 1. The highest BCUT2D eigenvalue weighted by Crippen LogP contribution is 2.29. The maximum absolute atomic E-state index is 13.9. The third kappa shape index (κ3) is 7.32. The van der Waals surface area contributed by atoms with Crippen LogP contribution in [0, 0.1) is 19.7 Å². The molecule has 0 atom stereocenters. The van der Waals surface area contributed by atoms with Crippen molar-refractivity contribution in [2.45, 2.75) is 34.0 Å². The Kier molecular flexibility index (Phi) is 9.21. The minimum atomic E-state index is -0.501. The Hall–Kier alpha value is -5.31. The summed E-state index contributed by atoms with van der Waals surface area (Å²) in [6.45, 7) is 6.63. The molecule has 0 spiro atoms. The molecule has 0 aliphatic heterocycles. The number of carbonyl (C=O) groups is 1. The van der Waals surface area contributed by atoms with Crippen LogP contribution in [0.4, 0.5) is 4.39 Å². The number of furan rings is 1. The van der Waals surface area contributed by atoms with Crippen molar-refractivity contribution in [2.75, 3.05) is 6.61 Å². The molecule has 5 rings (SSSR count). The van der Waals surface area contributed by atoms with Crippen LogP contribution in [0.1, 0.15) is 45.8 Å². The van der Waals surface area contributed by atoms with Crippen molar-refractivity contribution in [3.63, 3.8) is 0 Å². The summed E-state index contributed by atoms with van der Waals surface area (Å²) in [5.74, 6) is 1.42. The summed E-state index contributed by atoms with van der Waals surface area (Å²) in [6, 6.07) is 26.9. The van der Waals surface area contributed by atoms with Gasteiger partial charge in [0.25, 0.3) is 0 Å². The first-order chi connectivity index (χ1) is 20.9. The quantitative estimate of drug-likeness (QED) is 0.125. The number of hydrogen-bond acceptors (Lipinski definition) is 6. The minimum Gasteiger partial charge on any atom is -0.490 e. The van der Waals surface area contributed by atoms with Crippen LogP contribution in [0.15, 0.2) is 101 Å². The fourth-order valence-corrected chi connectivity index (χ4v) is 4.48. The zero-order valence-corrected chi connectivity index (χ0v) is 24.2. The molecular weight excluding hydrogens is 549 g/mol. The van der Waals surface area contributed by atoms with Crippen molar-refractivity contribution in [2.24, 2.45) is 5.10 Å². The van der Waals surface area contributed by atoms with E-state index >= 15 is 0 Å². The number of benzene rings is 3. The average molecular weight is 582 g/mol. The molecule has 0 unspecified atom stereocenters. The first-order valence-electron chi connectivity index (χ1n) is 13.8. The van der Waals surface area contributed by atoms with E-state index in [1.807, 2.05) is 31.2 Å². The molecule has 0 aliphatic carbocycles. The zero-order chi connectivity index (χ0) is 30.2. The predicted octanol–water partition coefficient (Wildman–Crippen LogP) is 7.15. The smallest absolute Gasteiger partial charge is 0.307 e. The van der Waals surface area contributed by atoms with Crippen LogP contribution in [-0.4, -0.2) is 23.3 Å². The maximum Gasteiger partial charge on any atom is 0.307 e. The fourth-order valence-electron chi connectivity index (χ4n) is 4.48. The van der Waals surface area contributed by atoms with E-state index in [0.29, 0.717) is 40.7 Å². The first kappa shape index (κ1) is 29.2. The number of rotatable bonds is 12. The summed E-state index contributed by atoms with van der Waals surface area (Å²) in [7, 11) is 0. The van der Waals surface area contributed by atoms with Crippen LogP contribution < -0.4 is 19.6 Å². The summed E-state index contributed by atoms with van der Waals surface area (Å²) < 4.78 is 39.1. The number of aromatic nitrogens is 1. The molecule has 3 aromatic carbocycles. The Labute approximate surface area is 249 Å². The maximum atomic E-state index is 13.9. The van der Waals surface area contributed by atoms with E-state index in [4.69, 9.17) is 18.6 Å². The average Bonchev–Trinajstić information content (AvgIpc) is 3.63. The van der Waals surface area contributed by atoms with Crippen molar-refractivity contribution < 1.29 is 27.8 Å². The minimum absolute atomic E-state index is 0.0620. The summed E-state index contributed by atoms with van der Waals surface area (Å²) >= 11 is 0. The number of hydrogen-bond donors (Lipinski definition) is 1. The van der Waals surface area contributed by atoms with Gasteiger partial charge in [0.1, 0.15) is 30.5 Å². The third-order valence-electron chi connectivity index (χ3n) is 6.62. The number of aryl methyl sites for hydroxylation is 2. The van der Waals surface area contributed by atoms with Crippen molar-refractivity contribution in [1.82, 2.24) is 9.99 Å². The molecule has 0 radical (unpaired) electrons. The van der Waals surface area contributed by atoms with Gasteiger partial charge >= 0.3 is 5.91 Å². The SMILES string of the molecule is CCOc1cc(/C=N/NC(=O)c2ccc(COc3ccc(-n4c(C)ccc4C)cc3)o2)ccc1OCc1ccccc1F. The van der Waals surface area contributed by atoms with Crippen molar-refractivity contribution in [3.05, 3.63) is 131 Å². The van der Waals surface area contributed by atoms with E-state index in [-0.39, 0.29) is 24.8 Å². The molecule has 5 aromatic rings. The Morgan fingerprint density at radius 1 is 0.884 bits per heavy atom. The molecule has 0 saturated heterocycles. The molecule has 2 aromatic heterocycles. The fraction of sp³-hybridized carbons (Fsp3) is 0.176. The van der Waals surface area contributed by atoms with Crippen LogP contribution >= 0.6 is 0 Å². The third-order valence-corrected chi connectivity index (χ3v) is 6.62. The molecule has 1 amide bonds. The molecule has 1 N–H and O–H groups in total. The molecule has 220 valence electrons. The van der Waals surface area contributed by atoms with Gasteiger partial charge in [-0.05, 0) is 99.1 Å². The summed E-state index contributed by atoms with van der Waals surface area (Å²) in [5.41, 5.74) is 6.95. The largest absolute Gasteiger partial charge is 0.490 e. The summed E-state index contributed by atoms with van der Waals surface area (Å²) in [4.78, 5) is 12.6. The van der Waals surface area contributed by atoms with Gasteiger partial charge < -0.3 is 23.2 Å². The van der Waals surface area contributed by atoms with Gasteiger partial charge in [-0.1, -0.05) is 18.2 Å². The van der Waals surface area contributed by atoms with Gasteiger partial charge in [0.05, 0.1) is 12.8 Å². The van der Waals surface area contributed by atoms with E-state index in [0.717, 1.165) is 17.1 Å². The van der Waals surface area contributed by atoms with Crippen molar-refractivity contribution in [3.8, 4) is 22.9 Å². The normalized spacial score (nSPS) is 11.1. The van der Waals surface area contributed by atoms with Crippen LogP contribution in [0.25, 0.3) is 5.69 Å². The topological polar surface area (TPSA) is 87.2 Å². The first-order valence-corrected chi connectivity index (χ1v) is 13.8. The highest BCUT2D eigenvalue weighted by atomic mass is 19.1. The van der Waals surface area contributed by atoms with Crippen molar-refractivity contribution >= 4 is 12.1 Å². The van der Waals surface area contributed by atoms with E-state index in [9.17, 15) is 9.18 Å². The lowest BCUT2D eigenvalue weighted by atomic mass is 10.2. The Morgan fingerprint density at radius 3 is 2.40 bits per heavy atom. The Balaban J connectivity index is 1.14. The molecular formula is C34H32FN3O5. The number of nitrogens with zero attached hydrogens (tertiary/aromatic N) is 2. The summed E-state index contributed by atoms with van der Waals surface area (Å²) in [5, 5.41) is 4.03. The molecule has 0 bridgehead atoms. The van der Waals surface area contributed by atoms with E-state index < -0.39 is 5.91 Å². The van der Waals surface area contributed by atoms with Crippen LogP contribution in [-0.2, 0) is 13.2 Å². The molecule has 0 saturated carbocycles. The molecule has 0 aliphatic rings. The molecule has 0 fully saturated rings. The van der Waals surface area contributed by atoms with Gasteiger partial charge in [-0.15, -0.1) is 0 Å². The van der Waals surface area contributed by atoms with Gasteiger partial charge in [0.2, 0.25) is 0 Å². The van der Waals surface area contributed by atoms with E-state index in [1.165, 1.54) is 12.3 Å². The molecule has 9 heteroatoms. The number of halogens is 1. The number of ether oxygens (including phenoxy) is 3. The second-order valence-corrected chi connectivity index (χ2v) is 9.72. The van der Waals surface area contributed by atoms with Crippen LogP contribution in [0.3, 0.4) is 0 Å². The van der Waals surface area contributed by atoms with Gasteiger partial charge in [-0.25, -0.2) is 9.82 Å². The highest BCUT2D eigenvalue weighted by Gasteiger charge is 2.12. The lowest BCUT2D eigenvalue weighted by molar-refractivity contribution is 0.0923. The highest BCUT2D eigenvalue weighted by molar-refractivity contribution is 5.92. The van der Waals surface area contributed by atoms with E-state index in [1.54, 1.807) is 48.5 Å². The predicted molar refractivity (Wildman–Crippen MR) is 162 cm³/mol. The Morgan fingerprint density at radius 2 is 1.65 bits per heavy atom. The van der Waals surface area contributed by atoms with E-state index in [2.05, 4.69) is 41.1 Å². The molecule has 2 heterocycles. The number of amides is 1. The molecule has 8 nitrogen and oxygen atoms in total. The number of nitrogens with one attached hydrogen (secondary N) is 1. The lowest BCUT2D eigenvalue weighted by Gasteiger charge is -2.13. The number of carbonyl (C=O) groups excluding carboxylic acids is 1. The van der Waals surface area contributed by atoms with Crippen molar-refractivity contribution in [1.29, 1.82) is 0 Å². The lowest BCUT2D eigenvalue weighted by Crippen LogP contribution is -2.16. The van der Waals surface area contributed by atoms with Gasteiger partial charge in [-0.3, -0.25) is 4.79 Å². The second-order valence-electron chi connectivity index (χ2n) is 9.72. The zero-order valence-electron chi connectivity index (χ0n) is 24.2. The van der Waals surface area contributed by atoms with Gasteiger partial charge in [0, 0.05) is 22.6 Å². The van der Waals surface area contributed by atoms with Gasteiger partial charge in [-0.2, -0.15) is 5.10 Å². The Bertz CT molecular complexity index is 1700. The monoisotopic (exact) mass is 581 g/mol. The standard InChI is InChI=1S/C34H32FN3O5/c1-4-40-33-19-25(11-17-31(33)42-21-26-7-5-6-8-30(26)35)20-36-37-34(39)32-18-16-29(43-32)22-41-28-14-12-27(13-15-28)38-23(2)9-10-24(38)3/h5-20H,4,21-22H2,1-3H3,(H,37,39)/b36-20+. The summed E-state index contributed by atoms with van der Waals surface area (Å²) in [6.07, 6.45) is 1.48. The van der Waals surface area contributed by atoms with Crippen LogP contribution in [0.2, 0.25) is 0 Å².